The van der Waals surface area contributed by atoms with Crippen LogP contribution in [-0.2, 0) is 9.53 Å². The molecule has 2 N–H and O–H groups in total. The zero-order valence-electron chi connectivity index (χ0n) is 18.8. The second kappa shape index (κ2) is 12.5. The Bertz CT molecular complexity index is 946. The number of carbonyl (C=O) groups is 3. The van der Waals surface area contributed by atoms with Crippen LogP contribution in [0.25, 0.3) is 0 Å². The Morgan fingerprint density at radius 3 is 2.42 bits per heavy atom. The highest BCUT2D eigenvalue weighted by molar-refractivity contribution is 9.10. The largest absolute Gasteiger partial charge is 0.385 e. The number of piperidine rings is 1. The van der Waals surface area contributed by atoms with E-state index in [4.69, 9.17) is 4.74 Å². The van der Waals surface area contributed by atoms with E-state index in [1.54, 1.807) is 37.4 Å². The SMILES string of the molecule is COCCCNC(=O)[C@H](NC(=O)c1ccccc1)C1CCN(C(=O)c2cccc(Br)c2)CC1. The van der Waals surface area contributed by atoms with Crippen LogP contribution in [-0.4, -0.2) is 62.0 Å². The summed E-state index contributed by atoms with van der Waals surface area (Å²) in [6, 6.07) is 15.5. The van der Waals surface area contributed by atoms with E-state index in [0.29, 0.717) is 56.6 Å². The molecule has 3 rings (SSSR count). The molecule has 3 amide bonds. The summed E-state index contributed by atoms with van der Waals surface area (Å²) in [5, 5.41) is 5.85. The summed E-state index contributed by atoms with van der Waals surface area (Å²) in [7, 11) is 1.62. The van der Waals surface area contributed by atoms with Gasteiger partial charge in [0.05, 0.1) is 0 Å². The topological polar surface area (TPSA) is 87.7 Å². The normalized spacial score (nSPS) is 15.0. The van der Waals surface area contributed by atoms with Gasteiger partial charge in [-0.1, -0.05) is 40.2 Å². The van der Waals surface area contributed by atoms with Crippen molar-refractivity contribution in [2.24, 2.45) is 5.92 Å². The van der Waals surface area contributed by atoms with Crippen LogP contribution in [0.1, 0.15) is 40.0 Å². The lowest BCUT2D eigenvalue weighted by Gasteiger charge is -2.36. The first-order valence-electron chi connectivity index (χ1n) is 11.2. The number of halogens is 1. The van der Waals surface area contributed by atoms with E-state index in [-0.39, 0.29) is 23.6 Å². The summed E-state index contributed by atoms with van der Waals surface area (Å²) in [5.41, 5.74) is 1.14. The van der Waals surface area contributed by atoms with E-state index in [1.165, 1.54) is 0 Å². The number of nitrogens with one attached hydrogen (secondary N) is 2. The standard InChI is InChI=1S/C25H30BrN3O4/c1-33-16-6-13-27-24(31)22(28-23(30)19-7-3-2-4-8-19)18-11-14-29(15-12-18)25(32)20-9-5-10-21(26)17-20/h2-5,7-10,17-18,22H,6,11-16H2,1H3,(H,27,31)(H,28,30)/t22-/m1/s1. The Labute approximate surface area is 203 Å². The maximum absolute atomic E-state index is 13.0. The Balaban J connectivity index is 1.65. The number of carbonyl (C=O) groups excluding carboxylic acids is 3. The predicted molar refractivity (Wildman–Crippen MR) is 130 cm³/mol. The minimum Gasteiger partial charge on any atom is -0.385 e. The lowest BCUT2D eigenvalue weighted by molar-refractivity contribution is -0.124. The first-order chi connectivity index (χ1) is 16.0. The maximum Gasteiger partial charge on any atom is 0.253 e. The molecule has 0 spiro atoms. The van der Waals surface area contributed by atoms with Crippen molar-refractivity contribution in [2.75, 3.05) is 33.4 Å². The van der Waals surface area contributed by atoms with Gasteiger partial charge >= 0.3 is 0 Å². The second-order valence-electron chi connectivity index (χ2n) is 8.09. The van der Waals surface area contributed by atoms with Crippen LogP contribution in [0, 0.1) is 5.92 Å². The third-order valence-electron chi connectivity index (χ3n) is 5.80. The van der Waals surface area contributed by atoms with Crippen molar-refractivity contribution in [3.05, 3.63) is 70.2 Å². The fraction of sp³-hybridized carbons (Fsp3) is 0.400. The van der Waals surface area contributed by atoms with Crippen molar-refractivity contribution < 1.29 is 19.1 Å². The average Bonchev–Trinajstić information content (AvgIpc) is 2.85. The Morgan fingerprint density at radius 2 is 1.76 bits per heavy atom. The molecule has 0 bridgehead atoms. The van der Waals surface area contributed by atoms with Gasteiger partial charge in [0, 0.05) is 49.0 Å². The molecule has 1 aliphatic heterocycles. The molecule has 176 valence electrons. The van der Waals surface area contributed by atoms with Gasteiger partial charge in [0.1, 0.15) is 6.04 Å². The molecule has 0 radical (unpaired) electrons. The number of amides is 3. The molecule has 1 aliphatic rings. The third-order valence-corrected chi connectivity index (χ3v) is 6.29. The number of nitrogens with zero attached hydrogens (tertiary/aromatic N) is 1. The first kappa shape index (κ1) is 24.9. The van der Waals surface area contributed by atoms with Crippen LogP contribution in [0.4, 0.5) is 0 Å². The van der Waals surface area contributed by atoms with Crippen LogP contribution in [0.2, 0.25) is 0 Å². The molecule has 0 aliphatic carbocycles. The van der Waals surface area contributed by atoms with Gasteiger partial charge in [0.25, 0.3) is 11.8 Å². The number of hydrogen-bond donors (Lipinski definition) is 2. The molecule has 8 heteroatoms. The molecule has 33 heavy (non-hydrogen) atoms. The molecule has 0 aromatic heterocycles. The van der Waals surface area contributed by atoms with Crippen LogP contribution in [0.3, 0.4) is 0 Å². The molecule has 0 saturated carbocycles. The fourth-order valence-corrected chi connectivity index (χ4v) is 4.39. The van der Waals surface area contributed by atoms with Gasteiger partial charge in [0.2, 0.25) is 5.91 Å². The lowest BCUT2D eigenvalue weighted by Crippen LogP contribution is -2.54. The van der Waals surface area contributed by atoms with Crippen LogP contribution < -0.4 is 10.6 Å². The highest BCUT2D eigenvalue weighted by atomic mass is 79.9. The van der Waals surface area contributed by atoms with Crippen molar-refractivity contribution in [3.8, 4) is 0 Å². The molecule has 0 unspecified atom stereocenters. The number of ether oxygens (including phenoxy) is 1. The van der Waals surface area contributed by atoms with Crippen molar-refractivity contribution >= 4 is 33.7 Å². The maximum atomic E-state index is 13.0. The Morgan fingerprint density at radius 1 is 1.06 bits per heavy atom. The summed E-state index contributed by atoms with van der Waals surface area (Å²) in [6.45, 7) is 2.09. The summed E-state index contributed by atoms with van der Waals surface area (Å²) >= 11 is 3.41. The molecule has 2 aromatic carbocycles. The highest BCUT2D eigenvalue weighted by Crippen LogP contribution is 2.24. The van der Waals surface area contributed by atoms with E-state index < -0.39 is 6.04 Å². The minimum atomic E-state index is -0.664. The summed E-state index contributed by atoms with van der Waals surface area (Å²) in [5.74, 6) is -0.567. The smallest absolute Gasteiger partial charge is 0.253 e. The Hall–Kier alpha value is -2.71. The van der Waals surface area contributed by atoms with Gasteiger partial charge in [-0.3, -0.25) is 14.4 Å². The fourth-order valence-electron chi connectivity index (χ4n) is 3.99. The van der Waals surface area contributed by atoms with Gasteiger partial charge < -0.3 is 20.3 Å². The number of benzene rings is 2. The lowest BCUT2D eigenvalue weighted by atomic mass is 9.88. The summed E-state index contributed by atoms with van der Waals surface area (Å²) in [6.07, 6.45) is 1.96. The molecule has 2 aromatic rings. The quantitative estimate of drug-likeness (QED) is 0.501. The van der Waals surface area contributed by atoms with Crippen molar-refractivity contribution in [1.29, 1.82) is 0 Å². The number of rotatable bonds is 9. The van der Waals surface area contributed by atoms with Gasteiger partial charge in [-0.25, -0.2) is 0 Å². The van der Waals surface area contributed by atoms with Gasteiger partial charge in [-0.05, 0) is 55.5 Å². The van der Waals surface area contributed by atoms with Crippen molar-refractivity contribution in [1.82, 2.24) is 15.5 Å². The van der Waals surface area contributed by atoms with E-state index in [1.807, 2.05) is 29.2 Å². The van der Waals surface area contributed by atoms with Crippen molar-refractivity contribution in [3.63, 3.8) is 0 Å². The van der Waals surface area contributed by atoms with E-state index in [9.17, 15) is 14.4 Å². The number of methoxy groups -OCH3 is 1. The van der Waals surface area contributed by atoms with Gasteiger partial charge in [0.15, 0.2) is 0 Å². The first-order valence-corrected chi connectivity index (χ1v) is 12.0. The molecule has 1 fully saturated rings. The zero-order valence-corrected chi connectivity index (χ0v) is 20.3. The monoisotopic (exact) mass is 515 g/mol. The third kappa shape index (κ3) is 7.14. The van der Waals surface area contributed by atoms with E-state index >= 15 is 0 Å². The highest BCUT2D eigenvalue weighted by Gasteiger charge is 2.34. The molecule has 1 atom stereocenters. The zero-order chi connectivity index (χ0) is 23.6. The number of likely N-dealkylation sites (tertiary alicyclic amines) is 1. The van der Waals surface area contributed by atoms with Crippen LogP contribution >= 0.6 is 15.9 Å². The van der Waals surface area contributed by atoms with Crippen LogP contribution in [0.5, 0.6) is 0 Å². The molecular formula is C25H30BrN3O4. The predicted octanol–water partition coefficient (Wildman–Crippen LogP) is 3.25. The second-order valence-corrected chi connectivity index (χ2v) is 9.01. The molecular weight excluding hydrogens is 486 g/mol. The van der Waals surface area contributed by atoms with Gasteiger partial charge in [-0.15, -0.1) is 0 Å². The van der Waals surface area contributed by atoms with Gasteiger partial charge in [-0.2, -0.15) is 0 Å². The van der Waals surface area contributed by atoms with E-state index in [2.05, 4.69) is 26.6 Å². The number of hydrogen-bond acceptors (Lipinski definition) is 4. The Kier molecular flexibility index (Phi) is 9.45. The minimum absolute atomic E-state index is 0.0244. The average molecular weight is 516 g/mol. The van der Waals surface area contributed by atoms with Crippen LogP contribution in [0.15, 0.2) is 59.1 Å². The molecule has 7 nitrogen and oxygen atoms in total. The van der Waals surface area contributed by atoms with E-state index in [0.717, 1.165) is 4.47 Å². The van der Waals surface area contributed by atoms with Crippen molar-refractivity contribution in [2.45, 2.75) is 25.3 Å². The molecule has 1 saturated heterocycles. The molecule has 1 heterocycles. The summed E-state index contributed by atoms with van der Waals surface area (Å²) in [4.78, 5) is 40.5. The summed E-state index contributed by atoms with van der Waals surface area (Å²) < 4.78 is 5.90.